The molecular formula is C30H31Cl2FN2O3. The summed E-state index contributed by atoms with van der Waals surface area (Å²) in [5, 5.41) is 0.779. The molecule has 3 aromatic rings. The van der Waals surface area contributed by atoms with Crippen LogP contribution in [-0.2, 0) is 22.6 Å². The lowest BCUT2D eigenvalue weighted by molar-refractivity contribution is -0.140. The standard InChI is InChI=1S/C30H31Cl2FN2O3/c1-34(19-22-8-3-2-4-9-22)29(37)18-30(21-38-24-11-5-10-23(31)16-24)14-7-15-35(20-30)28(36)17-25-26(32)12-6-13-27(25)33/h2-6,8-13,16H,7,14-15,17-21H2,1H3/t30-/m0/s1. The zero-order valence-corrected chi connectivity index (χ0v) is 22.8. The van der Waals surface area contributed by atoms with Gasteiger partial charge in [0.1, 0.15) is 11.6 Å². The van der Waals surface area contributed by atoms with Gasteiger partial charge in [0.2, 0.25) is 11.8 Å². The van der Waals surface area contributed by atoms with Gasteiger partial charge in [0, 0.05) is 54.1 Å². The molecule has 0 unspecified atom stereocenters. The topological polar surface area (TPSA) is 49.9 Å². The molecule has 0 aliphatic carbocycles. The minimum Gasteiger partial charge on any atom is -0.493 e. The van der Waals surface area contributed by atoms with Crippen molar-refractivity contribution < 1.29 is 18.7 Å². The average molecular weight is 557 g/mol. The molecule has 0 saturated carbocycles. The van der Waals surface area contributed by atoms with Crippen molar-refractivity contribution in [1.82, 2.24) is 9.80 Å². The lowest BCUT2D eigenvalue weighted by Gasteiger charge is -2.43. The summed E-state index contributed by atoms with van der Waals surface area (Å²) in [6.07, 6.45) is 1.48. The van der Waals surface area contributed by atoms with E-state index < -0.39 is 11.2 Å². The Bertz CT molecular complexity index is 1250. The number of piperidine rings is 1. The molecule has 0 spiro atoms. The van der Waals surface area contributed by atoms with Gasteiger partial charge in [0.15, 0.2) is 0 Å². The van der Waals surface area contributed by atoms with Crippen molar-refractivity contribution in [2.75, 3.05) is 26.7 Å². The second-order valence-corrected chi connectivity index (χ2v) is 10.8. The van der Waals surface area contributed by atoms with Crippen LogP contribution in [0.25, 0.3) is 0 Å². The number of hydrogen-bond donors (Lipinski definition) is 0. The Labute approximate surface area is 233 Å². The normalized spacial score (nSPS) is 17.2. The van der Waals surface area contributed by atoms with Gasteiger partial charge < -0.3 is 14.5 Å². The van der Waals surface area contributed by atoms with Crippen molar-refractivity contribution >= 4 is 35.0 Å². The molecule has 1 aliphatic rings. The molecule has 2 amide bonds. The lowest BCUT2D eigenvalue weighted by Crippen LogP contribution is -2.51. The van der Waals surface area contributed by atoms with Crippen LogP contribution in [0.3, 0.4) is 0 Å². The van der Waals surface area contributed by atoms with Crippen molar-refractivity contribution in [2.24, 2.45) is 5.41 Å². The number of halogens is 3. The zero-order valence-electron chi connectivity index (χ0n) is 21.3. The van der Waals surface area contributed by atoms with Gasteiger partial charge in [-0.05, 0) is 48.7 Å². The van der Waals surface area contributed by atoms with Crippen molar-refractivity contribution in [3.63, 3.8) is 0 Å². The first kappa shape index (κ1) is 27.9. The Balaban J connectivity index is 1.52. The highest BCUT2D eigenvalue weighted by atomic mass is 35.5. The van der Waals surface area contributed by atoms with Crippen LogP contribution in [-0.4, -0.2) is 48.4 Å². The lowest BCUT2D eigenvalue weighted by atomic mass is 9.77. The summed E-state index contributed by atoms with van der Waals surface area (Å²) >= 11 is 12.3. The first-order chi connectivity index (χ1) is 18.2. The summed E-state index contributed by atoms with van der Waals surface area (Å²) < 4.78 is 20.5. The van der Waals surface area contributed by atoms with Crippen LogP contribution in [0.1, 0.15) is 30.4 Å². The summed E-state index contributed by atoms with van der Waals surface area (Å²) in [6, 6.07) is 21.3. The third kappa shape index (κ3) is 7.27. The number of ether oxygens (including phenoxy) is 1. The van der Waals surface area contributed by atoms with E-state index in [9.17, 15) is 14.0 Å². The molecule has 200 valence electrons. The van der Waals surface area contributed by atoms with Gasteiger partial charge in [-0.15, -0.1) is 0 Å². The summed E-state index contributed by atoms with van der Waals surface area (Å²) in [7, 11) is 1.78. The predicted octanol–water partition coefficient (Wildman–Crippen LogP) is 6.41. The molecular weight excluding hydrogens is 526 g/mol. The van der Waals surface area contributed by atoms with Crippen molar-refractivity contribution in [2.45, 2.75) is 32.2 Å². The predicted molar refractivity (Wildman–Crippen MR) is 148 cm³/mol. The molecule has 1 saturated heterocycles. The highest BCUT2D eigenvalue weighted by Gasteiger charge is 2.40. The van der Waals surface area contributed by atoms with Crippen LogP contribution in [0, 0.1) is 11.2 Å². The molecule has 0 N–H and O–H groups in total. The van der Waals surface area contributed by atoms with E-state index in [0.717, 1.165) is 5.56 Å². The zero-order chi connectivity index (χ0) is 27.1. The number of likely N-dealkylation sites (tertiary alicyclic amines) is 1. The SMILES string of the molecule is CN(Cc1ccccc1)C(=O)C[C@@]1(COc2cccc(Cl)c2)CCCN(C(=O)Cc2c(F)cccc2Cl)C1. The van der Waals surface area contributed by atoms with Crippen molar-refractivity contribution in [3.05, 3.63) is 99.8 Å². The van der Waals surface area contributed by atoms with E-state index in [1.165, 1.54) is 12.1 Å². The number of hydrogen-bond acceptors (Lipinski definition) is 3. The van der Waals surface area contributed by atoms with Crippen molar-refractivity contribution in [1.29, 1.82) is 0 Å². The van der Waals surface area contributed by atoms with Crippen molar-refractivity contribution in [3.8, 4) is 5.75 Å². The molecule has 4 rings (SSSR count). The van der Waals surface area contributed by atoms with E-state index in [2.05, 4.69) is 0 Å². The van der Waals surface area contributed by atoms with Gasteiger partial charge >= 0.3 is 0 Å². The van der Waals surface area contributed by atoms with E-state index in [1.54, 1.807) is 41.1 Å². The van der Waals surface area contributed by atoms with Gasteiger partial charge in [0.05, 0.1) is 13.0 Å². The molecule has 1 fully saturated rings. The quantitative estimate of drug-likeness (QED) is 0.306. The van der Waals surface area contributed by atoms with Gasteiger partial charge in [-0.3, -0.25) is 9.59 Å². The van der Waals surface area contributed by atoms with Crippen LogP contribution in [0.4, 0.5) is 4.39 Å². The Morgan fingerprint density at radius 2 is 1.82 bits per heavy atom. The number of carbonyl (C=O) groups excluding carboxylic acids is 2. The second-order valence-electron chi connectivity index (χ2n) is 9.95. The molecule has 0 bridgehead atoms. The first-order valence-electron chi connectivity index (χ1n) is 12.6. The van der Waals surface area contributed by atoms with E-state index >= 15 is 0 Å². The molecule has 8 heteroatoms. The van der Waals surface area contributed by atoms with Crippen LogP contribution in [0.15, 0.2) is 72.8 Å². The first-order valence-corrected chi connectivity index (χ1v) is 13.4. The number of carbonyl (C=O) groups is 2. The van der Waals surface area contributed by atoms with Crippen LogP contribution >= 0.6 is 23.2 Å². The number of benzene rings is 3. The molecule has 3 aromatic carbocycles. The fourth-order valence-corrected chi connectivity index (χ4v) is 5.30. The Kier molecular flexibility index (Phi) is 9.29. The summed E-state index contributed by atoms with van der Waals surface area (Å²) in [4.78, 5) is 30.1. The van der Waals surface area contributed by atoms with Crippen LogP contribution < -0.4 is 4.74 Å². The summed E-state index contributed by atoms with van der Waals surface area (Å²) in [6.45, 7) is 1.57. The Hall–Kier alpha value is -3.09. The van der Waals surface area contributed by atoms with E-state index in [1.807, 2.05) is 36.4 Å². The smallest absolute Gasteiger partial charge is 0.227 e. The maximum Gasteiger partial charge on any atom is 0.227 e. The molecule has 0 radical (unpaired) electrons. The fraction of sp³-hybridized carbons (Fsp3) is 0.333. The Morgan fingerprint density at radius 1 is 1.05 bits per heavy atom. The maximum absolute atomic E-state index is 14.4. The molecule has 1 atom stereocenters. The van der Waals surface area contributed by atoms with Gasteiger partial charge in [0.25, 0.3) is 0 Å². The monoisotopic (exact) mass is 556 g/mol. The maximum atomic E-state index is 14.4. The average Bonchev–Trinajstić information content (AvgIpc) is 2.90. The van der Waals surface area contributed by atoms with E-state index in [4.69, 9.17) is 27.9 Å². The number of nitrogens with zero attached hydrogens (tertiary/aromatic N) is 2. The number of rotatable bonds is 9. The largest absolute Gasteiger partial charge is 0.493 e. The Morgan fingerprint density at radius 3 is 2.55 bits per heavy atom. The van der Waals surface area contributed by atoms with Crippen LogP contribution in [0.2, 0.25) is 10.0 Å². The summed E-state index contributed by atoms with van der Waals surface area (Å²) in [5.74, 6) is -0.163. The van der Waals surface area contributed by atoms with E-state index in [0.29, 0.717) is 43.2 Å². The fourth-order valence-electron chi connectivity index (χ4n) is 4.89. The third-order valence-electron chi connectivity index (χ3n) is 6.96. The van der Waals surface area contributed by atoms with Gasteiger partial charge in [-0.25, -0.2) is 4.39 Å². The minimum absolute atomic E-state index is 0.0324. The molecule has 38 heavy (non-hydrogen) atoms. The molecule has 1 heterocycles. The van der Waals surface area contributed by atoms with Gasteiger partial charge in [-0.1, -0.05) is 65.7 Å². The van der Waals surface area contributed by atoms with Crippen LogP contribution in [0.5, 0.6) is 5.75 Å². The molecule has 0 aromatic heterocycles. The highest BCUT2D eigenvalue weighted by molar-refractivity contribution is 6.31. The van der Waals surface area contributed by atoms with E-state index in [-0.39, 0.29) is 41.8 Å². The molecule has 5 nitrogen and oxygen atoms in total. The molecule has 1 aliphatic heterocycles. The van der Waals surface area contributed by atoms with Gasteiger partial charge in [-0.2, -0.15) is 0 Å². The second kappa shape index (κ2) is 12.6. The highest BCUT2D eigenvalue weighted by Crippen LogP contribution is 2.36. The third-order valence-corrected chi connectivity index (χ3v) is 7.55. The minimum atomic E-state index is -0.614. The number of amides is 2. The summed E-state index contributed by atoms with van der Waals surface area (Å²) in [5.41, 5.74) is 0.607.